The molecule has 0 fully saturated rings. The Bertz CT molecular complexity index is 976. The van der Waals surface area contributed by atoms with Crippen LogP contribution in [0.5, 0.6) is 11.5 Å². The molecular formula is C24H30ClNO5. The highest BCUT2D eigenvalue weighted by Gasteiger charge is 2.43. The number of unbranched alkanes of at least 4 members (excludes halogenated alkanes) is 1. The largest absolute Gasteiger partial charge is 0.503 e. The summed E-state index contributed by atoms with van der Waals surface area (Å²) >= 11 is 6.26. The highest BCUT2D eigenvalue weighted by Crippen LogP contribution is 2.48. The summed E-state index contributed by atoms with van der Waals surface area (Å²) in [7, 11) is 1.43. The highest BCUT2D eigenvalue weighted by atomic mass is 35.5. The molecule has 0 amide bonds. The Kier molecular flexibility index (Phi) is 6.70. The van der Waals surface area contributed by atoms with E-state index < -0.39 is 11.9 Å². The Morgan fingerprint density at radius 3 is 2.68 bits per heavy atom. The number of carbonyl (C=O) groups excluding carboxylic acids is 2. The normalized spacial score (nSPS) is 20.3. The van der Waals surface area contributed by atoms with E-state index in [1.807, 2.05) is 13.8 Å². The summed E-state index contributed by atoms with van der Waals surface area (Å²) in [5, 5.41) is 13.6. The maximum Gasteiger partial charge on any atom is 0.336 e. The standard InChI is InChI=1S/C24H30ClNO5/c1-6-7-8-31-23(29)19-13(2)26-16-11-24(3,4)12-17(27)21(16)20(19)14-9-15(25)22(28)18(10-14)30-5/h9-10,20,26,28H,6-8,11-12H2,1-5H3/t20-/m1/s1. The number of aromatic hydroxyl groups is 1. The Morgan fingerprint density at radius 1 is 1.32 bits per heavy atom. The Labute approximate surface area is 188 Å². The Balaban J connectivity index is 2.17. The first-order chi connectivity index (χ1) is 14.6. The van der Waals surface area contributed by atoms with Gasteiger partial charge in [0.15, 0.2) is 17.3 Å². The van der Waals surface area contributed by atoms with Crippen LogP contribution in [-0.2, 0) is 14.3 Å². The third kappa shape index (κ3) is 4.59. The molecule has 0 saturated heterocycles. The minimum absolute atomic E-state index is 0.0155. The number of carbonyl (C=O) groups is 2. The van der Waals surface area contributed by atoms with Crippen LogP contribution >= 0.6 is 11.6 Å². The van der Waals surface area contributed by atoms with Gasteiger partial charge in [0.1, 0.15) is 0 Å². The average Bonchev–Trinajstić information content (AvgIpc) is 2.68. The van der Waals surface area contributed by atoms with Gasteiger partial charge in [-0.1, -0.05) is 38.8 Å². The molecule has 1 heterocycles. The molecule has 0 spiro atoms. The van der Waals surface area contributed by atoms with E-state index in [1.165, 1.54) is 7.11 Å². The summed E-state index contributed by atoms with van der Waals surface area (Å²) in [5.74, 6) is -1.13. The van der Waals surface area contributed by atoms with E-state index in [0.717, 1.165) is 18.5 Å². The van der Waals surface area contributed by atoms with E-state index in [4.69, 9.17) is 21.1 Å². The Hall–Kier alpha value is -2.47. The molecule has 1 aliphatic heterocycles. The molecule has 1 aromatic rings. The van der Waals surface area contributed by atoms with Crippen molar-refractivity contribution in [3.05, 3.63) is 45.3 Å². The van der Waals surface area contributed by atoms with Gasteiger partial charge in [-0.3, -0.25) is 4.79 Å². The molecule has 1 atom stereocenters. The lowest BCUT2D eigenvalue weighted by molar-refractivity contribution is -0.139. The minimum Gasteiger partial charge on any atom is -0.503 e. The van der Waals surface area contributed by atoms with Gasteiger partial charge in [-0.05, 0) is 42.9 Å². The molecule has 6 nitrogen and oxygen atoms in total. The molecule has 0 bridgehead atoms. The predicted octanol–water partition coefficient (Wildman–Crippen LogP) is 5.00. The van der Waals surface area contributed by atoms with Gasteiger partial charge in [-0.2, -0.15) is 0 Å². The number of rotatable bonds is 6. The molecule has 1 aliphatic carbocycles. The number of hydrogen-bond donors (Lipinski definition) is 2. The molecule has 1 aromatic carbocycles. The number of ether oxygens (including phenoxy) is 2. The quantitative estimate of drug-likeness (QED) is 0.471. The van der Waals surface area contributed by atoms with Crippen LogP contribution in [0.3, 0.4) is 0 Å². The SMILES string of the molecule is CCCCOC(=O)C1=C(C)NC2=C(C(=O)CC(C)(C)C2)[C@@H]1c1cc(Cl)c(O)c(OC)c1. The van der Waals surface area contributed by atoms with E-state index in [2.05, 4.69) is 19.2 Å². The van der Waals surface area contributed by atoms with Crippen molar-refractivity contribution in [2.45, 2.75) is 59.3 Å². The van der Waals surface area contributed by atoms with Crippen molar-refractivity contribution in [2.24, 2.45) is 5.41 Å². The molecule has 31 heavy (non-hydrogen) atoms. The second-order valence-corrected chi connectivity index (χ2v) is 9.38. The van der Waals surface area contributed by atoms with Gasteiger partial charge >= 0.3 is 5.97 Å². The van der Waals surface area contributed by atoms with Crippen molar-refractivity contribution in [1.29, 1.82) is 0 Å². The lowest BCUT2D eigenvalue weighted by Crippen LogP contribution is -2.38. The van der Waals surface area contributed by atoms with Crippen molar-refractivity contribution in [3.8, 4) is 11.5 Å². The van der Waals surface area contributed by atoms with E-state index in [9.17, 15) is 14.7 Å². The van der Waals surface area contributed by atoms with Gasteiger partial charge in [-0.15, -0.1) is 0 Å². The second-order valence-electron chi connectivity index (χ2n) is 8.97. The topological polar surface area (TPSA) is 84.9 Å². The van der Waals surface area contributed by atoms with Gasteiger partial charge in [0.25, 0.3) is 0 Å². The van der Waals surface area contributed by atoms with Crippen LogP contribution < -0.4 is 10.1 Å². The van der Waals surface area contributed by atoms with E-state index in [1.54, 1.807) is 12.1 Å². The number of ketones is 1. The van der Waals surface area contributed by atoms with E-state index >= 15 is 0 Å². The third-order valence-corrected chi connectivity index (χ3v) is 6.08. The number of esters is 1. The fraction of sp³-hybridized carbons (Fsp3) is 0.500. The van der Waals surface area contributed by atoms with Crippen LogP contribution in [-0.4, -0.2) is 30.6 Å². The number of benzene rings is 1. The molecule has 7 heteroatoms. The average molecular weight is 448 g/mol. The number of hydrogen-bond acceptors (Lipinski definition) is 6. The van der Waals surface area contributed by atoms with Crippen molar-refractivity contribution < 1.29 is 24.2 Å². The van der Waals surface area contributed by atoms with Gasteiger partial charge in [0, 0.05) is 29.3 Å². The van der Waals surface area contributed by atoms with Crippen molar-refractivity contribution in [2.75, 3.05) is 13.7 Å². The van der Waals surface area contributed by atoms with Gasteiger partial charge in [-0.25, -0.2) is 4.79 Å². The van der Waals surface area contributed by atoms with Crippen LogP contribution in [0.1, 0.15) is 64.9 Å². The molecule has 0 saturated carbocycles. The molecular weight excluding hydrogens is 418 g/mol. The first-order valence-corrected chi connectivity index (χ1v) is 10.9. The summed E-state index contributed by atoms with van der Waals surface area (Å²) in [4.78, 5) is 26.4. The molecule has 0 unspecified atom stereocenters. The number of allylic oxidation sites excluding steroid dienone is 3. The molecule has 0 radical (unpaired) electrons. The first kappa shape index (κ1) is 23.2. The number of Topliss-reactive ketones (excluding diaryl/α,β-unsaturated/α-hetero) is 1. The zero-order chi connectivity index (χ0) is 22.9. The summed E-state index contributed by atoms with van der Waals surface area (Å²) in [6.45, 7) is 8.26. The summed E-state index contributed by atoms with van der Waals surface area (Å²) in [5.41, 5.74) is 2.82. The van der Waals surface area contributed by atoms with E-state index in [-0.39, 0.29) is 27.7 Å². The first-order valence-electron chi connectivity index (χ1n) is 10.6. The van der Waals surface area contributed by atoms with Crippen molar-refractivity contribution >= 4 is 23.4 Å². The maximum atomic E-state index is 13.3. The van der Waals surface area contributed by atoms with Gasteiger partial charge in [0.2, 0.25) is 0 Å². The van der Waals surface area contributed by atoms with Crippen molar-refractivity contribution in [3.63, 3.8) is 0 Å². The summed E-state index contributed by atoms with van der Waals surface area (Å²) < 4.78 is 10.8. The third-order valence-electron chi connectivity index (χ3n) is 5.79. The van der Waals surface area contributed by atoms with Crippen LogP contribution in [0.15, 0.2) is 34.7 Å². The van der Waals surface area contributed by atoms with Crippen LogP contribution in [0.25, 0.3) is 0 Å². The van der Waals surface area contributed by atoms with Crippen LogP contribution in [0, 0.1) is 5.41 Å². The van der Waals surface area contributed by atoms with Crippen molar-refractivity contribution in [1.82, 2.24) is 5.32 Å². The summed E-state index contributed by atoms with van der Waals surface area (Å²) in [6, 6.07) is 3.21. The minimum atomic E-state index is -0.652. The highest BCUT2D eigenvalue weighted by molar-refractivity contribution is 6.32. The zero-order valence-electron chi connectivity index (χ0n) is 18.7. The van der Waals surface area contributed by atoms with Gasteiger partial charge in [0.05, 0.1) is 24.3 Å². The molecule has 3 rings (SSSR count). The number of methoxy groups -OCH3 is 1. The smallest absolute Gasteiger partial charge is 0.336 e. The van der Waals surface area contributed by atoms with E-state index in [0.29, 0.717) is 41.9 Å². The number of phenols is 1. The van der Waals surface area contributed by atoms with Crippen LogP contribution in [0.2, 0.25) is 5.02 Å². The fourth-order valence-corrected chi connectivity index (χ4v) is 4.56. The number of nitrogens with one attached hydrogen (secondary N) is 1. The lowest BCUT2D eigenvalue weighted by Gasteiger charge is -2.39. The zero-order valence-corrected chi connectivity index (χ0v) is 19.5. The summed E-state index contributed by atoms with van der Waals surface area (Å²) in [6.07, 6.45) is 2.73. The Morgan fingerprint density at radius 2 is 2.03 bits per heavy atom. The second kappa shape index (κ2) is 8.95. The predicted molar refractivity (Wildman–Crippen MR) is 119 cm³/mol. The molecule has 2 N–H and O–H groups in total. The lowest BCUT2D eigenvalue weighted by atomic mass is 9.68. The van der Waals surface area contributed by atoms with Gasteiger partial charge < -0.3 is 19.9 Å². The number of phenolic OH excluding ortho intramolecular Hbond substituents is 1. The molecule has 2 aliphatic rings. The number of halogens is 1. The maximum absolute atomic E-state index is 13.3. The molecule has 168 valence electrons. The number of dihydropyridines is 1. The molecule has 0 aromatic heterocycles. The monoisotopic (exact) mass is 447 g/mol. The fourth-order valence-electron chi connectivity index (χ4n) is 4.34. The van der Waals surface area contributed by atoms with Crippen LogP contribution in [0.4, 0.5) is 0 Å².